The summed E-state index contributed by atoms with van der Waals surface area (Å²) in [6.45, 7) is 1.16. The molecule has 0 amide bonds. The number of nitrogens with zero attached hydrogens (tertiary/aromatic N) is 3. The van der Waals surface area contributed by atoms with Gasteiger partial charge in [-0.1, -0.05) is 5.11 Å². The van der Waals surface area contributed by atoms with Crippen molar-refractivity contribution in [3.63, 3.8) is 0 Å². The van der Waals surface area contributed by atoms with E-state index in [4.69, 9.17) is 15.0 Å². The maximum absolute atomic E-state index is 9.57. The van der Waals surface area contributed by atoms with Gasteiger partial charge in [0.05, 0.1) is 25.4 Å². The predicted molar refractivity (Wildman–Crippen MR) is 47.4 cm³/mol. The molecule has 2 unspecified atom stereocenters. The van der Waals surface area contributed by atoms with E-state index in [1.54, 1.807) is 0 Å². The Morgan fingerprint density at radius 2 is 2.14 bits per heavy atom. The van der Waals surface area contributed by atoms with Crippen LogP contribution >= 0.6 is 0 Å². The molecule has 0 aromatic heterocycles. The van der Waals surface area contributed by atoms with Crippen molar-refractivity contribution in [2.45, 2.75) is 37.2 Å². The quantitative estimate of drug-likeness (QED) is 0.387. The molecule has 0 aromatic rings. The fourth-order valence-electron chi connectivity index (χ4n) is 2.06. The van der Waals surface area contributed by atoms with Crippen molar-refractivity contribution in [1.29, 1.82) is 0 Å². The number of rotatable bonds is 1. The normalized spacial score (nSPS) is 35.5. The monoisotopic (exact) mass is 199 g/mol. The second-order valence-corrected chi connectivity index (χ2v) is 3.69. The topological polar surface area (TPSA) is 87.5 Å². The maximum Gasteiger partial charge on any atom is 0.169 e. The largest absolute Gasteiger partial charge is 0.393 e. The lowest BCUT2D eigenvalue weighted by Gasteiger charge is -2.37. The molecule has 1 aliphatic carbocycles. The van der Waals surface area contributed by atoms with Gasteiger partial charge < -0.3 is 14.6 Å². The number of ether oxygens (including phenoxy) is 2. The smallest absolute Gasteiger partial charge is 0.169 e. The summed E-state index contributed by atoms with van der Waals surface area (Å²) in [5.41, 5.74) is 8.33. The Kier molecular flexibility index (Phi) is 2.60. The van der Waals surface area contributed by atoms with Crippen LogP contribution in [0.5, 0.6) is 0 Å². The van der Waals surface area contributed by atoms with Crippen LogP contribution in [0.3, 0.4) is 0 Å². The van der Waals surface area contributed by atoms with Gasteiger partial charge in [-0.05, 0) is 12.0 Å². The Hall–Kier alpha value is -0.810. The first kappa shape index (κ1) is 9.73. The molecule has 6 heteroatoms. The molecule has 1 aliphatic heterocycles. The highest BCUT2D eigenvalue weighted by atomic mass is 16.7. The van der Waals surface area contributed by atoms with Crippen LogP contribution in [0, 0.1) is 0 Å². The highest BCUT2D eigenvalue weighted by Gasteiger charge is 2.44. The predicted octanol–water partition coefficient (Wildman–Crippen LogP) is 0.953. The molecule has 2 fully saturated rings. The number of aliphatic hydroxyl groups is 1. The molecular weight excluding hydrogens is 186 g/mol. The minimum Gasteiger partial charge on any atom is -0.393 e. The Labute approximate surface area is 81.4 Å². The van der Waals surface area contributed by atoms with Crippen LogP contribution in [0.1, 0.15) is 19.3 Å². The summed E-state index contributed by atoms with van der Waals surface area (Å²) in [6.07, 6.45) is 1.12. The van der Waals surface area contributed by atoms with E-state index in [9.17, 15) is 5.11 Å². The SMILES string of the molecule is [N-]=[N+]=NC1CC2(CCC1O)OCCO2. The lowest BCUT2D eigenvalue weighted by Crippen LogP contribution is -2.44. The van der Waals surface area contributed by atoms with E-state index < -0.39 is 17.9 Å². The third kappa shape index (κ3) is 1.69. The molecule has 0 radical (unpaired) electrons. The summed E-state index contributed by atoms with van der Waals surface area (Å²) in [7, 11) is 0. The van der Waals surface area contributed by atoms with Gasteiger partial charge in [0.15, 0.2) is 5.79 Å². The minimum atomic E-state index is -0.599. The van der Waals surface area contributed by atoms with Gasteiger partial charge in [-0.2, -0.15) is 0 Å². The fourth-order valence-corrected chi connectivity index (χ4v) is 2.06. The van der Waals surface area contributed by atoms with Gasteiger partial charge in [0.25, 0.3) is 0 Å². The summed E-state index contributed by atoms with van der Waals surface area (Å²) in [5, 5.41) is 13.1. The third-order valence-corrected chi connectivity index (χ3v) is 2.80. The summed E-state index contributed by atoms with van der Waals surface area (Å²) in [6, 6.07) is -0.424. The zero-order chi connectivity index (χ0) is 10.0. The molecule has 2 rings (SSSR count). The molecule has 1 saturated carbocycles. The average molecular weight is 199 g/mol. The zero-order valence-corrected chi connectivity index (χ0v) is 7.80. The van der Waals surface area contributed by atoms with Gasteiger partial charge in [-0.3, -0.25) is 0 Å². The standard InChI is InChI=1S/C8H13N3O3/c9-11-10-6-5-8(2-1-7(6)12)13-3-4-14-8/h6-7,12H,1-5H2. The fraction of sp³-hybridized carbons (Fsp3) is 1.00. The molecule has 1 heterocycles. The molecule has 2 atom stereocenters. The van der Waals surface area contributed by atoms with E-state index in [0.29, 0.717) is 32.5 Å². The number of azide groups is 1. The van der Waals surface area contributed by atoms with Gasteiger partial charge in [-0.25, -0.2) is 0 Å². The van der Waals surface area contributed by atoms with Crippen molar-refractivity contribution >= 4 is 0 Å². The van der Waals surface area contributed by atoms with Crippen LogP contribution in [0.4, 0.5) is 0 Å². The summed E-state index contributed by atoms with van der Waals surface area (Å²) in [5.74, 6) is -0.599. The van der Waals surface area contributed by atoms with Crippen molar-refractivity contribution in [2.75, 3.05) is 13.2 Å². The second-order valence-electron chi connectivity index (χ2n) is 3.69. The van der Waals surface area contributed by atoms with Gasteiger partial charge >= 0.3 is 0 Å². The first-order valence-electron chi connectivity index (χ1n) is 4.76. The van der Waals surface area contributed by atoms with Crippen molar-refractivity contribution < 1.29 is 14.6 Å². The molecule has 1 spiro atoms. The number of aliphatic hydroxyl groups excluding tert-OH is 1. The summed E-state index contributed by atoms with van der Waals surface area (Å²) in [4.78, 5) is 2.72. The van der Waals surface area contributed by atoms with Gasteiger partial charge in [-0.15, -0.1) is 0 Å². The van der Waals surface area contributed by atoms with Crippen molar-refractivity contribution in [1.82, 2.24) is 0 Å². The zero-order valence-electron chi connectivity index (χ0n) is 7.80. The Morgan fingerprint density at radius 1 is 1.43 bits per heavy atom. The van der Waals surface area contributed by atoms with E-state index in [2.05, 4.69) is 10.0 Å². The summed E-state index contributed by atoms with van der Waals surface area (Å²) >= 11 is 0. The van der Waals surface area contributed by atoms with Gasteiger partial charge in [0, 0.05) is 17.8 Å². The Balaban J connectivity index is 2.07. The van der Waals surface area contributed by atoms with Crippen LogP contribution < -0.4 is 0 Å². The van der Waals surface area contributed by atoms with Crippen molar-refractivity contribution in [2.24, 2.45) is 5.11 Å². The van der Waals surface area contributed by atoms with E-state index in [0.717, 1.165) is 0 Å². The van der Waals surface area contributed by atoms with E-state index in [-0.39, 0.29) is 0 Å². The van der Waals surface area contributed by atoms with Crippen LogP contribution in [0.25, 0.3) is 10.4 Å². The third-order valence-electron chi connectivity index (χ3n) is 2.80. The highest BCUT2D eigenvalue weighted by Crippen LogP contribution is 2.37. The maximum atomic E-state index is 9.57. The Bertz CT molecular complexity index is 259. The molecule has 0 aromatic carbocycles. The molecular formula is C8H13N3O3. The second kappa shape index (κ2) is 3.74. The van der Waals surface area contributed by atoms with Crippen LogP contribution in [-0.2, 0) is 9.47 Å². The number of hydrogen-bond donors (Lipinski definition) is 1. The van der Waals surface area contributed by atoms with Crippen molar-refractivity contribution in [3.05, 3.63) is 10.4 Å². The molecule has 0 bridgehead atoms. The van der Waals surface area contributed by atoms with Crippen LogP contribution in [0.15, 0.2) is 5.11 Å². The molecule has 1 saturated heterocycles. The van der Waals surface area contributed by atoms with Gasteiger partial charge in [0.2, 0.25) is 0 Å². The average Bonchev–Trinajstić information content (AvgIpc) is 2.61. The first-order valence-corrected chi connectivity index (χ1v) is 4.76. The van der Waals surface area contributed by atoms with Crippen LogP contribution in [-0.4, -0.2) is 36.3 Å². The molecule has 78 valence electrons. The van der Waals surface area contributed by atoms with E-state index in [1.165, 1.54) is 0 Å². The first-order chi connectivity index (χ1) is 6.76. The highest BCUT2D eigenvalue weighted by molar-refractivity contribution is 4.91. The lowest BCUT2D eigenvalue weighted by molar-refractivity contribution is -0.191. The molecule has 6 nitrogen and oxygen atoms in total. The molecule has 1 N–H and O–H groups in total. The van der Waals surface area contributed by atoms with Crippen LogP contribution in [0.2, 0.25) is 0 Å². The molecule has 14 heavy (non-hydrogen) atoms. The molecule has 2 aliphatic rings. The van der Waals surface area contributed by atoms with Gasteiger partial charge in [0.1, 0.15) is 0 Å². The minimum absolute atomic E-state index is 0.424. The lowest BCUT2D eigenvalue weighted by atomic mass is 9.88. The number of hydrogen-bond acceptors (Lipinski definition) is 4. The van der Waals surface area contributed by atoms with E-state index in [1.807, 2.05) is 0 Å². The van der Waals surface area contributed by atoms with Crippen molar-refractivity contribution in [3.8, 4) is 0 Å². The Morgan fingerprint density at radius 3 is 2.79 bits per heavy atom. The summed E-state index contributed by atoms with van der Waals surface area (Å²) < 4.78 is 11.0. The van der Waals surface area contributed by atoms with E-state index >= 15 is 0 Å².